The van der Waals surface area contributed by atoms with Crippen LogP contribution in [0.25, 0.3) is 0 Å². The van der Waals surface area contributed by atoms with Gasteiger partial charge in [0.15, 0.2) is 12.4 Å². The summed E-state index contributed by atoms with van der Waals surface area (Å²) in [6.45, 7) is 0.0779. The van der Waals surface area contributed by atoms with Crippen LogP contribution < -0.4 is 32.2 Å². The zero-order valence-corrected chi connectivity index (χ0v) is 17.9. The summed E-state index contributed by atoms with van der Waals surface area (Å²) in [5.74, 6) is -0.172. The van der Waals surface area contributed by atoms with Gasteiger partial charge in [0, 0.05) is 29.1 Å². The van der Waals surface area contributed by atoms with Gasteiger partial charge < -0.3 is 27.6 Å². The van der Waals surface area contributed by atoms with Crippen molar-refractivity contribution in [2.45, 2.75) is 12.7 Å². The zero-order chi connectivity index (χ0) is 22.4. The highest BCUT2D eigenvalue weighted by Crippen LogP contribution is 2.30. The Morgan fingerprint density at radius 1 is 0.938 bits per heavy atom. The number of benzene rings is 2. The lowest BCUT2D eigenvalue weighted by Gasteiger charge is -2.11. The second-order valence-electron chi connectivity index (χ2n) is 6.53. The number of aromatic nitrogens is 1. The summed E-state index contributed by atoms with van der Waals surface area (Å²) in [7, 11) is 0. The fraction of sp³-hybridized carbons (Fsp3) is 0.0909. The molecule has 3 aromatic rings. The van der Waals surface area contributed by atoms with E-state index < -0.39 is 17.8 Å². The summed E-state index contributed by atoms with van der Waals surface area (Å²) in [6, 6.07) is 14.9. The van der Waals surface area contributed by atoms with Crippen molar-refractivity contribution in [3.8, 4) is 6.07 Å². The molecule has 2 N–H and O–H groups in total. The van der Waals surface area contributed by atoms with E-state index >= 15 is 0 Å². The second kappa shape index (κ2) is 10.5. The summed E-state index contributed by atoms with van der Waals surface area (Å²) in [6.07, 6.45) is -1.25. The van der Waals surface area contributed by atoms with Crippen LogP contribution in [0.4, 0.5) is 29.3 Å². The maximum atomic E-state index is 12.8. The quantitative estimate of drug-likeness (QED) is 0.406. The topological polar surface area (TPSA) is 85.9 Å². The Balaban J connectivity index is 0.00000363. The average molecular weight is 505 g/mol. The number of nitrogens with zero attached hydrogens (tertiary/aromatic N) is 2. The van der Waals surface area contributed by atoms with Gasteiger partial charge in [0.05, 0.1) is 17.2 Å². The number of carbonyl (C=O) groups is 2. The Bertz CT molecular complexity index is 1140. The lowest BCUT2D eigenvalue weighted by molar-refractivity contribution is -0.683. The van der Waals surface area contributed by atoms with Crippen molar-refractivity contribution < 1.29 is 44.3 Å². The molecule has 0 spiro atoms. The molecule has 1 heterocycles. The normalized spacial score (nSPS) is 10.4. The molecular formula is C22H16BrF3N4O2. The first-order valence-corrected chi connectivity index (χ1v) is 9.02. The molecule has 6 nitrogen and oxygen atoms in total. The molecule has 3 rings (SSSR count). The molecule has 10 heteroatoms. The number of pyridine rings is 1. The number of nitriles is 1. The highest BCUT2D eigenvalue weighted by Gasteiger charge is 2.30. The van der Waals surface area contributed by atoms with Gasteiger partial charge in [-0.05, 0) is 42.5 Å². The van der Waals surface area contributed by atoms with Gasteiger partial charge in [0.2, 0.25) is 12.3 Å². The van der Waals surface area contributed by atoms with Crippen LogP contribution in [0, 0.1) is 11.3 Å². The largest absolute Gasteiger partial charge is 1.00 e. The number of amides is 2. The molecular weight excluding hydrogens is 489 g/mol. The van der Waals surface area contributed by atoms with Gasteiger partial charge in [0.25, 0.3) is 0 Å². The Kier molecular flexibility index (Phi) is 8.09. The maximum absolute atomic E-state index is 12.8. The molecule has 0 bridgehead atoms. The molecule has 0 saturated heterocycles. The number of rotatable bonds is 5. The van der Waals surface area contributed by atoms with Crippen LogP contribution in [0.5, 0.6) is 0 Å². The minimum Gasteiger partial charge on any atom is -1.00 e. The van der Waals surface area contributed by atoms with E-state index in [1.54, 1.807) is 29.1 Å². The van der Waals surface area contributed by atoms with Crippen LogP contribution in [0.1, 0.15) is 21.5 Å². The van der Waals surface area contributed by atoms with Crippen molar-refractivity contribution in [3.05, 3.63) is 89.7 Å². The summed E-state index contributed by atoms with van der Waals surface area (Å²) in [5, 5.41) is 13.6. The molecule has 0 fully saturated rings. The molecule has 164 valence electrons. The first-order chi connectivity index (χ1) is 14.7. The van der Waals surface area contributed by atoms with Gasteiger partial charge in [-0.2, -0.15) is 23.0 Å². The minimum absolute atomic E-state index is 0. The average Bonchev–Trinajstić information content (AvgIpc) is 2.74. The van der Waals surface area contributed by atoms with Crippen LogP contribution in [0.2, 0.25) is 0 Å². The number of nitrogens with one attached hydrogen (secondary N) is 2. The van der Waals surface area contributed by atoms with Crippen LogP contribution in [0.3, 0.4) is 0 Å². The number of hydrogen-bond acceptors (Lipinski definition) is 3. The molecule has 2 amide bonds. The van der Waals surface area contributed by atoms with Gasteiger partial charge in [0.1, 0.15) is 0 Å². The van der Waals surface area contributed by atoms with Crippen LogP contribution in [0.15, 0.2) is 73.1 Å². The Morgan fingerprint density at radius 3 is 2.16 bits per heavy atom. The number of alkyl halides is 3. The van der Waals surface area contributed by atoms with E-state index in [0.29, 0.717) is 16.8 Å². The van der Waals surface area contributed by atoms with Crippen LogP contribution in [-0.2, 0) is 12.7 Å². The number of hydrogen-bond donors (Lipinski definition) is 2. The number of ketones is 1. The number of carbonyl (C=O) groups excluding carboxylic acids is 2. The number of anilines is 2. The third-order valence-corrected chi connectivity index (χ3v) is 4.26. The van der Waals surface area contributed by atoms with Gasteiger partial charge in [-0.3, -0.25) is 4.79 Å². The molecule has 0 aliphatic rings. The van der Waals surface area contributed by atoms with E-state index in [4.69, 9.17) is 5.26 Å². The van der Waals surface area contributed by atoms with Crippen LogP contribution >= 0.6 is 0 Å². The van der Waals surface area contributed by atoms with Crippen molar-refractivity contribution in [1.82, 2.24) is 0 Å². The van der Waals surface area contributed by atoms with E-state index in [0.717, 1.165) is 12.1 Å². The maximum Gasteiger partial charge on any atom is 0.416 e. The van der Waals surface area contributed by atoms with Gasteiger partial charge in [-0.25, -0.2) is 4.79 Å². The second-order valence-corrected chi connectivity index (χ2v) is 6.53. The first-order valence-electron chi connectivity index (χ1n) is 9.02. The summed E-state index contributed by atoms with van der Waals surface area (Å²) in [4.78, 5) is 24.4. The first kappa shape index (κ1) is 24.6. The molecule has 1 aromatic heterocycles. The molecule has 0 aliphatic heterocycles. The molecule has 0 radical (unpaired) electrons. The number of halogens is 4. The van der Waals surface area contributed by atoms with Crippen molar-refractivity contribution in [3.63, 3.8) is 0 Å². The van der Waals surface area contributed by atoms with Gasteiger partial charge in [-0.1, -0.05) is 6.07 Å². The molecule has 0 unspecified atom stereocenters. The zero-order valence-electron chi connectivity index (χ0n) is 16.4. The Labute approximate surface area is 192 Å². The highest BCUT2D eigenvalue weighted by molar-refractivity contribution is 6.00. The van der Waals surface area contributed by atoms with E-state index in [1.165, 1.54) is 36.4 Å². The minimum atomic E-state index is -4.51. The fourth-order valence-corrected chi connectivity index (χ4v) is 2.70. The van der Waals surface area contributed by atoms with Gasteiger partial charge >= 0.3 is 12.2 Å². The molecule has 32 heavy (non-hydrogen) atoms. The van der Waals surface area contributed by atoms with Crippen molar-refractivity contribution in [2.24, 2.45) is 0 Å². The third kappa shape index (κ3) is 6.65. The number of urea groups is 1. The third-order valence-electron chi connectivity index (χ3n) is 4.26. The van der Waals surface area contributed by atoms with Gasteiger partial charge in [-0.15, -0.1) is 0 Å². The van der Waals surface area contributed by atoms with Crippen molar-refractivity contribution >= 4 is 23.2 Å². The Hall–Kier alpha value is -3.71. The smallest absolute Gasteiger partial charge is 0.416 e. The molecule has 0 atom stereocenters. The van der Waals surface area contributed by atoms with E-state index in [9.17, 15) is 22.8 Å². The predicted octanol–water partition coefficient (Wildman–Crippen LogP) is 1.40. The van der Waals surface area contributed by atoms with E-state index in [2.05, 4.69) is 10.6 Å². The fourth-order valence-electron chi connectivity index (χ4n) is 2.70. The molecule has 2 aromatic carbocycles. The summed E-state index contributed by atoms with van der Waals surface area (Å²) < 4.78 is 39.9. The number of Topliss-reactive ketones (excluding diaryl/α,β-unsaturated/α-hetero) is 1. The summed E-state index contributed by atoms with van der Waals surface area (Å²) >= 11 is 0. The standard InChI is InChI=1S/C22H15F3N4O2.BrH/c23-22(24,25)17-2-1-3-19(12-17)28-21(31)27-18-6-4-16(5-7-18)20(30)14-29-10-8-15(13-26)9-11-29;/h1-12H,14H2,(H-,27,28,30,31);1H. The predicted molar refractivity (Wildman–Crippen MR) is 106 cm³/mol. The highest BCUT2D eigenvalue weighted by atomic mass is 79.9. The molecule has 0 saturated carbocycles. The molecule has 0 aliphatic carbocycles. The SMILES string of the molecule is N#Cc1cc[n+](CC(=O)c2ccc(NC(=O)Nc3cccc(C(F)(F)F)c3)cc2)cc1.[Br-]. The lowest BCUT2D eigenvalue weighted by atomic mass is 10.1. The van der Waals surface area contributed by atoms with Crippen molar-refractivity contribution in [1.29, 1.82) is 5.26 Å². The lowest BCUT2D eigenvalue weighted by Crippen LogP contribution is -3.00. The van der Waals surface area contributed by atoms with Crippen molar-refractivity contribution in [2.75, 3.05) is 10.6 Å². The summed E-state index contributed by atoms with van der Waals surface area (Å²) in [5.41, 5.74) is 0.405. The Morgan fingerprint density at radius 2 is 1.56 bits per heavy atom. The van der Waals surface area contributed by atoms with E-state index in [1.807, 2.05) is 6.07 Å². The monoisotopic (exact) mass is 504 g/mol. The van der Waals surface area contributed by atoms with E-state index in [-0.39, 0.29) is 35.0 Å². The van der Waals surface area contributed by atoms with Crippen LogP contribution in [-0.4, -0.2) is 11.8 Å².